The molecule has 4 nitrogen and oxygen atoms in total. The van der Waals surface area contributed by atoms with Gasteiger partial charge in [0.15, 0.2) is 0 Å². The smallest absolute Gasteiger partial charge is 0.310 e. The summed E-state index contributed by atoms with van der Waals surface area (Å²) in [5, 5.41) is 10.1. The van der Waals surface area contributed by atoms with Gasteiger partial charge in [-0.2, -0.15) is 0 Å². The molecule has 0 aliphatic rings. The van der Waals surface area contributed by atoms with Crippen molar-refractivity contribution in [2.75, 3.05) is 19.8 Å². The van der Waals surface area contributed by atoms with E-state index in [0.717, 1.165) is 0 Å². The van der Waals surface area contributed by atoms with Crippen LogP contribution in [0, 0.1) is 0 Å². The maximum Gasteiger partial charge on any atom is 0.310 e. The summed E-state index contributed by atoms with van der Waals surface area (Å²) in [5.74, 6) is -1.67. The Morgan fingerprint density at radius 2 is 1.20 bits per heavy atom. The van der Waals surface area contributed by atoms with Crippen molar-refractivity contribution >= 4 is 0 Å². The van der Waals surface area contributed by atoms with Crippen molar-refractivity contribution < 1.29 is 45.5 Å². The second kappa shape index (κ2) is 7.91. The molecule has 0 aromatic rings. The zero-order chi connectivity index (χ0) is 11.2. The van der Waals surface area contributed by atoms with Gasteiger partial charge in [0.1, 0.15) is 5.60 Å². The Morgan fingerprint density at radius 3 is 1.47 bits per heavy atom. The fraction of sp³-hybridized carbons (Fsp3) is 1.00. The van der Waals surface area contributed by atoms with Crippen LogP contribution in [0.3, 0.4) is 0 Å². The largest absolute Gasteiger partial charge is 0.367 e. The van der Waals surface area contributed by atoms with Crippen LogP contribution in [0.1, 0.15) is 34.6 Å². The standard InChI is InChI=1S/C10H22O4.Zr/c1-6-12-9(4,5)10(11,13-7-2)14-8-3;/h11H,6-8H2,1-5H3;. The summed E-state index contributed by atoms with van der Waals surface area (Å²) in [5.41, 5.74) is -0.881. The molecule has 0 unspecified atom stereocenters. The minimum atomic E-state index is -1.67. The van der Waals surface area contributed by atoms with Crippen LogP contribution in [-0.2, 0) is 40.4 Å². The molecule has 1 N–H and O–H groups in total. The predicted molar refractivity (Wildman–Crippen MR) is 53.9 cm³/mol. The second-order valence-electron chi connectivity index (χ2n) is 3.39. The molecular formula is C10H22O4Zr. The van der Waals surface area contributed by atoms with Crippen LogP contribution in [0.25, 0.3) is 0 Å². The third-order valence-corrected chi connectivity index (χ3v) is 1.95. The Hall–Kier alpha value is 0.723. The molecule has 90 valence electrons. The first kappa shape index (κ1) is 18.1. The van der Waals surface area contributed by atoms with Gasteiger partial charge < -0.3 is 19.3 Å². The maximum atomic E-state index is 10.1. The van der Waals surface area contributed by atoms with Gasteiger partial charge in [-0.25, -0.2) is 0 Å². The minimum absolute atomic E-state index is 0. The van der Waals surface area contributed by atoms with Gasteiger partial charge >= 0.3 is 5.97 Å². The summed E-state index contributed by atoms with van der Waals surface area (Å²) >= 11 is 0. The number of aliphatic hydroxyl groups is 1. The normalized spacial score (nSPS) is 12.4. The Bertz CT molecular complexity index is 156. The topological polar surface area (TPSA) is 47.9 Å². The van der Waals surface area contributed by atoms with Crippen LogP contribution < -0.4 is 0 Å². The molecule has 0 amide bonds. The van der Waals surface area contributed by atoms with Crippen LogP contribution in [0.15, 0.2) is 0 Å². The van der Waals surface area contributed by atoms with E-state index in [4.69, 9.17) is 14.2 Å². The second-order valence-corrected chi connectivity index (χ2v) is 3.39. The molecule has 0 rings (SSSR count). The van der Waals surface area contributed by atoms with Gasteiger partial charge in [0, 0.05) is 46.0 Å². The van der Waals surface area contributed by atoms with Crippen LogP contribution in [-0.4, -0.2) is 36.5 Å². The Balaban J connectivity index is 0. The van der Waals surface area contributed by atoms with Gasteiger partial charge in [-0.1, -0.05) is 0 Å². The van der Waals surface area contributed by atoms with Crippen molar-refractivity contribution in [2.45, 2.75) is 46.2 Å². The predicted octanol–water partition coefficient (Wildman–Crippen LogP) is 1.52. The van der Waals surface area contributed by atoms with E-state index in [1.54, 1.807) is 27.7 Å². The van der Waals surface area contributed by atoms with E-state index < -0.39 is 11.6 Å². The van der Waals surface area contributed by atoms with Crippen molar-refractivity contribution in [1.29, 1.82) is 0 Å². The molecule has 0 saturated carbocycles. The van der Waals surface area contributed by atoms with Gasteiger partial charge in [-0.05, 0) is 34.6 Å². The molecule has 0 atom stereocenters. The van der Waals surface area contributed by atoms with Gasteiger partial charge in [-0.15, -0.1) is 0 Å². The van der Waals surface area contributed by atoms with Crippen LogP contribution >= 0.6 is 0 Å². The van der Waals surface area contributed by atoms with Crippen molar-refractivity contribution in [3.63, 3.8) is 0 Å². The summed E-state index contributed by atoms with van der Waals surface area (Å²) in [6.07, 6.45) is 0. The fourth-order valence-electron chi connectivity index (χ4n) is 1.23. The first-order valence-corrected chi connectivity index (χ1v) is 5.07. The summed E-state index contributed by atoms with van der Waals surface area (Å²) in [6.45, 7) is 10.2. The van der Waals surface area contributed by atoms with E-state index in [2.05, 4.69) is 0 Å². The number of rotatable bonds is 7. The summed E-state index contributed by atoms with van der Waals surface area (Å²) in [6, 6.07) is 0. The third kappa shape index (κ3) is 5.05. The first-order valence-electron chi connectivity index (χ1n) is 5.07. The maximum absolute atomic E-state index is 10.1. The van der Waals surface area contributed by atoms with Crippen LogP contribution in [0.2, 0.25) is 0 Å². The van der Waals surface area contributed by atoms with Gasteiger partial charge in [0.2, 0.25) is 0 Å². The Kier molecular flexibility index (Phi) is 9.54. The van der Waals surface area contributed by atoms with Crippen molar-refractivity contribution in [1.82, 2.24) is 0 Å². The van der Waals surface area contributed by atoms with E-state index in [1.165, 1.54) is 0 Å². The number of hydrogen-bond acceptors (Lipinski definition) is 4. The molecule has 0 bridgehead atoms. The van der Waals surface area contributed by atoms with Crippen molar-refractivity contribution in [3.8, 4) is 0 Å². The molecule has 0 aromatic heterocycles. The van der Waals surface area contributed by atoms with Gasteiger partial charge in [0.05, 0.1) is 0 Å². The van der Waals surface area contributed by atoms with Crippen molar-refractivity contribution in [3.05, 3.63) is 0 Å². The Morgan fingerprint density at radius 1 is 0.867 bits per heavy atom. The molecule has 0 spiro atoms. The first-order chi connectivity index (χ1) is 6.43. The fourth-order valence-corrected chi connectivity index (χ4v) is 1.23. The van der Waals surface area contributed by atoms with Gasteiger partial charge in [-0.3, -0.25) is 0 Å². The third-order valence-electron chi connectivity index (χ3n) is 1.95. The number of hydrogen-bond donors (Lipinski definition) is 1. The molecule has 0 aromatic carbocycles. The summed E-state index contributed by atoms with van der Waals surface area (Å²) < 4.78 is 15.8. The molecule has 0 saturated heterocycles. The van der Waals surface area contributed by atoms with Crippen LogP contribution in [0.5, 0.6) is 0 Å². The quantitative estimate of drug-likeness (QED) is 0.724. The molecule has 0 aliphatic carbocycles. The average molecular weight is 298 g/mol. The number of ether oxygens (including phenoxy) is 3. The van der Waals surface area contributed by atoms with E-state index >= 15 is 0 Å². The molecule has 15 heavy (non-hydrogen) atoms. The summed E-state index contributed by atoms with van der Waals surface area (Å²) in [7, 11) is 0. The average Bonchev–Trinajstić information content (AvgIpc) is 2.04. The van der Waals surface area contributed by atoms with Gasteiger partial charge in [0.25, 0.3) is 0 Å². The van der Waals surface area contributed by atoms with Crippen LogP contribution in [0.4, 0.5) is 0 Å². The zero-order valence-corrected chi connectivity index (χ0v) is 12.8. The zero-order valence-electron chi connectivity index (χ0n) is 10.3. The minimum Gasteiger partial charge on any atom is -0.367 e. The molecule has 0 heterocycles. The Labute approximate surface area is 111 Å². The summed E-state index contributed by atoms with van der Waals surface area (Å²) in [4.78, 5) is 0. The van der Waals surface area contributed by atoms with E-state index in [1.807, 2.05) is 6.92 Å². The molecular weight excluding hydrogens is 275 g/mol. The van der Waals surface area contributed by atoms with E-state index in [0.29, 0.717) is 19.8 Å². The monoisotopic (exact) mass is 296 g/mol. The van der Waals surface area contributed by atoms with E-state index in [9.17, 15) is 5.11 Å². The molecule has 0 fully saturated rings. The molecule has 0 aliphatic heterocycles. The SMILES string of the molecule is CCOC(C)(C)C(O)(OCC)OCC.[Zr]. The molecule has 0 radical (unpaired) electrons. The van der Waals surface area contributed by atoms with Crippen molar-refractivity contribution in [2.24, 2.45) is 0 Å². The molecule has 5 heteroatoms. The van der Waals surface area contributed by atoms with E-state index in [-0.39, 0.29) is 26.2 Å².